The molecule has 0 saturated carbocycles. The van der Waals surface area contributed by atoms with Gasteiger partial charge in [-0.05, 0) is 17.7 Å². The van der Waals surface area contributed by atoms with Crippen LogP contribution in [0, 0.1) is 5.82 Å². The maximum atomic E-state index is 13.2. The standard InChI is InChI=1S/C9H7BrFN3/c10-8-4-1-5-9(11)7(8)3-2-6-13-14-12/h1-5H,6H2. The zero-order valence-corrected chi connectivity index (χ0v) is 8.78. The van der Waals surface area contributed by atoms with Crippen LogP contribution in [0.3, 0.4) is 0 Å². The molecule has 0 aromatic heterocycles. The van der Waals surface area contributed by atoms with Crippen LogP contribution in [0.5, 0.6) is 0 Å². The zero-order chi connectivity index (χ0) is 10.4. The number of benzene rings is 1. The normalized spacial score (nSPS) is 10.1. The first-order chi connectivity index (χ1) is 6.75. The molecule has 72 valence electrons. The van der Waals surface area contributed by atoms with Crippen LogP contribution in [-0.2, 0) is 0 Å². The molecule has 0 aliphatic heterocycles. The Labute approximate surface area is 89.0 Å². The smallest absolute Gasteiger partial charge is 0.131 e. The van der Waals surface area contributed by atoms with Crippen molar-refractivity contribution in [2.45, 2.75) is 0 Å². The van der Waals surface area contributed by atoms with Crippen LogP contribution in [0.2, 0.25) is 0 Å². The summed E-state index contributed by atoms with van der Waals surface area (Å²) >= 11 is 3.22. The first kappa shape index (κ1) is 10.8. The monoisotopic (exact) mass is 255 g/mol. The van der Waals surface area contributed by atoms with Crippen molar-refractivity contribution in [1.29, 1.82) is 0 Å². The summed E-state index contributed by atoms with van der Waals surface area (Å²) in [5.74, 6) is -0.309. The maximum absolute atomic E-state index is 13.2. The van der Waals surface area contributed by atoms with Crippen molar-refractivity contribution in [3.8, 4) is 0 Å². The number of hydrogen-bond donors (Lipinski definition) is 0. The van der Waals surface area contributed by atoms with Gasteiger partial charge in [-0.3, -0.25) is 0 Å². The predicted octanol–water partition coefficient (Wildman–Crippen LogP) is 3.91. The number of nitrogens with zero attached hydrogens (tertiary/aromatic N) is 3. The molecular weight excluding hydrogens is 249 g/mol. The second kappa shape index (κ2) is 5.42. The Morgan fingerprint density at radius 2 is 2.36 bits per heavy atom. The fraction of sp³-hybridized carbons (Fsp3) is 0.111. The van der Waals surface area contributed by atoms with Gasteiger partial charge in [0.2, 0.25) is 0 Å². The maximum Gasteiger partial charge on any atom is 0.131 e. The summed E-state index contributed by atoms with van der Waals surface area (Å²) in [6, 6.07) is 4.73. The highest BCUT2D eigenvalue weighted by atomic mass is 79.9. The molecule has 0 amide bonds. The summed E-state index contributed by atoms with van der Waals surface area (Å²) < 4.78 is 13.9. The Morgan fingerprint density at radius 1 is 1.57 bits per heavy atom. The van der Waals surface area contributed by atoms with E-state index in [2.05, 4.69) is 26.0 Å². The summed E-state index contributed by atoms with van der Waals surface area (Å²) in [4.78, 5) is 2.58. The van der Waals surface area contributed by atoms with Crippen molar-refractivity contribution < 1.29 is 4.39 Å². The van der Waals surface area contributed by atoms with E-state index in [4.69, 9.17) is 5.53 Å². The minimum atomic E-state index is -0.309. The lowest BCUT2D eigenvalue weighted by Gasteiger charge is -1.98. The van der Waals surface area contributed by atoms with Crippen molar-refractivity contribution in [3.63, 3.8) is 0 Å². The van der Waals surface area contributed by atoms with Crippen LogP contribution < -0.4 is 0 Å². The molecular formula is C9H7BrFN3. The van der Waals surface area contributed by atoms with E-state index in [1.54, 1.807) is 24.3 Å². The Bertz CT molecular complexity index is 377. The SMILES string of the molecule is [N-]=[N+]=NCC=Cc1c(F)cccc1Br. The molecule has 0 heterocycles. The van der Waals surface area contributed by atoms with Crippen LogP contribution in [0.4, 0.5) is 4.39 Å². The molecule has 1 aromatic carbocycles. The van der Waals surface area contributed by atoms with Crippen LogP contribution in [0.1, 0.15) is 5.56 Å². The van der Waals surface area contributed by atoms with Gasteiger partial charge in [-0.2, -0.15) is 0 Å². The van der Waals surface area contributed by atoms with E-state index in [1.165, 1.54) is 6.07 Å². The molecule has 0 aliphatic rings. The summed E-state index contributed by atoms with van der Waals surface area (Å²) in [5.41, 5.74) is 8.47. The highest BCUT2D eigenvalue weighted by Crippen LogP contribution is 2.20. The molecule has 0 spiro atoms. The second-order valence-corrected chi connectivity index (χ2v) is 3.31. The molecule has 0 fully saturated rings. The average molecular weight is 256 g/mol. The van der Waals surface area contributed by atoms with E-state index < -0.39 is 0 Å². The lowest BCUT2D eigenvalue weighted by atomic mass is 10.2. The molecule has 0 aliphatic carbocycles. The van der Waals surface area contributed by atoms with E-state index in [0.29, 0.717) is 10.0 Å². The number of rotatable bonds is 3. The first-order valence-electron chi connectivity index (χ1n) is 3.87. The van der Waals surface area contributed by atoms with Crippen LogP contribution >= 0.6 is 15.9 Å². The molecule has 1 aromatic rings. The summed E-state index contributed by atoms with van der Waals surface area (Å²) in [5, 5.41) is 3.30. The Morgan fingerprint density at radius 3 is 3.00 bits per heavy atom. The third-order valence-corrected chi connectivity index (χ3v) is 2.23. The number of hydrogen-bond acceptors (Lipinski definition) is 1. The zero-order valence-electron chi connectivity index (χ0n) is 7.19. The van der Waals surface area contributed by atoms with Gasteiger partial charge in [0.15, 0.2) is 0 Å². The number of halogens is 2. The molecule has 3 nitrogen and oxygen atoms in total. The minimum absolute atomic E-state index is 0.220. The Kier molecular flexibility index (Phi) is 4.16. The average Bonchev–Trinajstić information content (AvgIpc) is 2.16. The predicted molar refractivity (Wildman–Crippen MR) is 57.1 cm³/mol. The molecule has 0 radical (unpaired) electrons. The molecule has 0 N–H and O–H groups in total. The molecule has 0 unspecified atom stereocenters. The highest BCUT2D eigenvalue weighted by Gasteiger charge is 2.00. The van der Waals surface area contributed by atoms with Crippen LogP contribution in [0.15, 0.2) is 33.9 Å². The summed E-state index contributed by atoms with van der Waals surface area (Å²) in [6.45, 7) is 0.220. The van der Waals surface area contributed by atoms with Gasteiger partial charge in [-0.1, -0.05) is 39.3 Å². The quantitative estimate of drug-likeness (QED) is 0.447. The van der Waals surface area contributed by atoms with Gasteiger partial charge < -0.3 is 0 Å². The van der Waals surface area contributed by atoms with Gasteiger partial charge in [-0.15, -0.1) is 0 Å². The summed E-state index contributed by atoms with van der Waals surface area (Å²) in [7, 11) is 0. The lowest BCUT2D eigenvalue weighted by molar-refractivity contribution is 0.624. The minimum Gasteiger partial charge on any atom is -0.206 e. The van der Waals surface area contributed by atoms with Crippen molar-refractivity contribution in [2.24, 2.45) is 5.11 Å². The molecule has 0 atom stereocenters. The van der Waals surface area contributed by atoms with E-state index in [-0.39, 0.29) is 12.4 Å². The van der Waals surface area contributed by atoms with Gasteiger partial charge in [0.25, 0.3) is 0 Å². The topological polar surface area (TPSA) is 48.8 Å². The van der Waals surface area contributed by atoms with Gasteiger partial charge in [0, 0.05) is 21.5 Å². The van der Waals surface area contributed by atoms with E-state index in [1.807, 2.05) is 0 Å². The largest absolute Gasteiger partial charge is 0.206 e. The number of azide groups is 1. The second-order valence-electron chi connectivity index (χ2n) is 2.45. The van der Waals surface area contributed by atoms with E-state index in [0.717, 1.165) is 0 Å². The molecule has 0 bridgehead atoms. The molecule has 5 heteroatoms. The van der Waals surface area contributed by atoms with Crippen molar-refractivity contribution in [3.05, 3.63) is 50.6 Å². The Balaban J connectivity index is 2.85. The molecule has 1 rings (SSSR count). The first-order valence-corrected chi connectivity index (χ1v) is 4.66. The fourth-order valence-electron chi connectivity index (χ4n) is 0.924. The van der Waals surface area contributed by atoms with E-state index >= 15 is 0 Å². The van der Waals surface area contributed by atoms with Gasteiger partial charge in [0.05, 0.1) is 0 Å². The Hall–Kier alpha value is -1.32. The van der Waals surface area contributed by atoms with Crippen LogP contribution in [0.25, 0.3) is 16.5 Å². The fourth-order valence-corrected chi connectivity index (χ4v) is 1.40. The van der Waals surface area contributed by atoms with Crippen molar-refractivity contribution >= 4 is 22.0 Å². The van der Waals surface area contributed by atoms with Crippen LogP contribution in [-0.4, -0.2) is 6.54 Å². The van der Waals surface area contributed by atoms with Gasteiger partial charge >= 0.3 is 0 Å². The van der Waals surface area contributed by atoms with Gasteiger partial charge in [-0.25, -0.2) is 4.39 Å². The summed E-state index contributed by atoms with van der Waals surface area (Å²) in [6.07, 6.45) is 3.18. The van der Waals surface area contributed by atoms with Crippen molar-refractivity contribution in [2.75, 3.05) is 6.54 Å². The molecule has 0 saturated heterocycles. The van der Waals surface area contributed by atoms with E-state index in [9.17, 15) is 4.39 Å². The highest BCUT2D eigenvalue weighted by molar-refractivity contribution is 9.10. The lowest BCUT2D eigenvalue weighted by Crippen LogP contribution is -1.83. The van der Waals surface area contributed by atoms with Gasteiger partial charge in [0.1, 0.15) is 5.82 Å². The third-order valence-electron chi connectivity index (χ3n) is 1.53. The molecule has 14 heavy (non-hydrogen) atoms. The third kappa shape index (κ3) is 2.87. The van der Waals surface area contributed by atoms with Crippen molar-refractivity contribution in [1.82, 2.24) is 0 Å².